The van der Waals surface area contributed by atoms with Crippen LogP contribution in [0.2, 0.25) is 0 Å². The van der Waals surface area contributed by atoms with E-state index in [1.807, 2.05) is 32.2 Å². The molecule has 0 unspecified atom stereocenters. The van der Waals surface area contributed by atoms with Crippen LogP contribution in [0.3, 0.4) is 0 Å². The van der Waals surface area contributed by atoms with Crippen LogP contribution < -0.4 is 10.2 Å². The van der Waals surface area contributed by atoms with Crippen LogP contribution in [0.25, 0.3) is 11.3 Å². The molecule has 29 heavy (non-hydrogen) atoms. The highest BCUT2D eigenvalue weighted by atomic mass is 16.3. The van der Waals surface area contributed by atoms with Crippen LogP contribution in [-0.2, 0) is 9.59 Å². The van der Waals surface area contributed by atoms with Gasteiger partial charge in [-0.2, -0.15) is 0 Å². The molecule has 2 aromatic rings. The zero-order valence-corrected chi connectivity index (χ0v) is 17.0. The lowest BCUT2D eigenvalue weighted by Crippen LogP contribution is -2.38. The van der Waals surface area contributed by atoms with Gasteiger partial charge in [-0.1, -0.05) is 0 Å². The molecule has 4 rings (SSSR count). The Hall–Kier alpha value is -3.03. The fourth-order valence-electron chi connectivity index (χ4n) is 4.34. The Labute approximate surface area is 170 Å². The van der Waals surface area contributed by atoms with Gasteiger partial charge in [0.25, 0.3) is 6.47 Å². The molecule has 0 aromatic carbocycles. The van der Waals surface area contributed by atoms with E-state index in [0.29, 0.717) is 24.3 Å². The predicted molar refractivity (Wildman–Crippen MR) is 109 cm³/mol. The van der Waals surface area contributed by atoms with Gasteiger partial charge in [0.1, 0.15) is 0 Å². The number of amides is 1. The Bertz CT molecular complexity index is 888. The van der Waals surface area contributed by atoms with Crippen molar-refractivity contribution in [2.75, 3.05) is 18.5 Å². The molecule has 3 atom stereocenters. The normalized spacial score (nSPS) is 22.7. The van der Waals surface area contributed by atoms with Crippen molar-refractivity contribution in [1.82, 2.24) is 20.3 Å². The summed E-state index contributed by atoms with van der Waals surface area (Å²) in [5.74, 6) is 2.00. The van der Waals surface area contributed by atoms with E-state index < -0.39 is 0 Å². The molecule has 2 aromatic heterocycles. The minimum atomic E-state index is -0.250. The van der Waals surface area contributed by atoms with Crippen molar-refractivity contribution in [2.45, 2.75) is 39.2 Å². The summed E-state index contributed by atoms with van der Waals surface area (Å²) in [6.45, 7) is 4.57. The first kappa shape index (κ1) is 20.7. The molecule has 1 saturated carbocycles. The number of piperidine rings is 1. The van der Waals surface area contributed by atoms with E-state index in [9.17, 15) is 4.79 Å². The Balaban J connectivity index is 0.000000755. The molecule has 0 bridgehead atoms. The first-order valence-electron chi connectivity index (χ1n) is 9.78. The third-order valence-electron chi connectivity index (χ3n) is 5.83. The molecule has 0 radical (unpaired) electrons. The minimum Gasteiger partial charge on any atom is -0.483 e. The Morgan fingerprint density at radius 1 is 1.17 bits per heavy atom. The Morgan fingerprint density at radius 3 is 2.62 bits per heavy atom. The van der Waals surface area contributed by atoms with Crippen LogP contribution >= 0.6 is 0 Å². The topological polar surface area (TPSA) is 108 Å². The van der Waals surface area contributed by atoms with E-state index in [4.69, 9.17) is 14.9 Å². The number of carboxylic acid groups (broad SMARTS) is 1. The average Bonchev–Trinajstić information content (AvgIpc) is 3.11. The van der Waals surface area contributed by atoms with Crippen LogP contribution in [0.4, 0.5) is 5.95 Å². The molecule has 1 aliphatic carbocycles. The van der Waals surface area contributed by atoms with E-state index in [1.165, 1.54) is 0 Å². The number of hydrogen-bond donors (Lipinski definition) is 2. The van der Waals surface area contributed by atoms with Gasteiger partial charge in [-0.3, -0.25) is 14.6 Å². The van der Waals surface area contributed by atoms with Crippen LogP contribution in [-0.4, -0.2) is 52.1 Å². The number of pyridine rings is 1. The van der Waals surface area contributed by atoms with Gasteiger partial charge in [0.2, 0.25) is 11.9 Å². The maximum atomic E-state index is 11.7. The molecule has 2 aliphatic rings. The van der Waals surface area contributed by atoms with Crippen molar-refractivity contribution in [3.8, 4) is 11.3 Å². The highest BCUT2D eigenvalue weighted by molar-refractivity contribution is 5.77. The van der Waals surface area contributed by atoms with Gasteiger partial charge >= 0.3 is 0 Å². The second kappa shape index (κ2) is 8.98. The van der Waals surface area contributed by atoms with Gasteiger partial charge in [0.15, 0.2) is 0 Å². The molecule has 2 fully saturated rings. The molecule has 1 saturated heterocycles. The summed E-state index contributed by atoms with van der Waals surface area (Å²) in [6, 6.07) is 6.41. The highest BCUT2D eigenvalue weighted by Gasteiger charge is 2.40. The maximum Gasteiger partial charge on any atom is 0.290 e. The monoisotopic (exact) mass is 397 g/mol. The molecule has 1 aliphatic heterocycles. The van der Waals surface area contributed by atoms with Crippen LogP contribution in [0, 0.1) is 25.7 Å². The summed E-state index contributed by atoms with van der Waals surface area (Å²) >= 11 is 0. The summed E-state index contributed by atoms with van der Waals surface area (Å²) in [7, 11) is 2.07. The third kappa shape index (κ3) is 4.70. The molecule has 8 nitrogen and oxygen atoms in total. The van der Waals surface area contributed by atoms with Crippen LogP contribution in [0.15, 0.2) is 24.4 Å². The average molecular weight is 397 g/mol. The van der Waals surface area contributed by atoms with Gasteiger partial charge < -0.3 is 15.3 Å². The fourth-order valence-corrected chi connectivity index (χ4v) is 4.34. The van der Waals surface area contributed by atoms with Crippen LogP contribution in [0.1, 0.15) is 30.7 Å². The molecule has 3 heterocycles. The van der Waals surface area contributed by atoms with Gasteiger partial charge in [0.05, 0.1) is 5.69 Å². The summed E-state index contributed by atoms with van der Waals surface area (Å²) in [4.78, 5) is 36.0. The van der Waals surface area contributed by atoms with Crippen molar-refractivity contribution < 1.29 is 14.7 Å². The van der Waals surface area contributed by atoms with E-state index >= 15 is 0 Å². The molecule has 154 valence electrons. The summed E-state index contributed by atoms with van der Waals surface area (Å²) in [6.07, 6.45) is 4.60. The minimum absolute atomic E-state index is 0.190. The molecule has 1 amide bonds. The molecule has 2 N–H and O–H groups in total. The lowest BCUT2D eigenvalue weighted by Gasteiger charge is -2.25. The highest BCUT2D eigenvalue weighted by Crippen LogP contribution is 2.39. The van der Waals surface area contributed by atoms with E-state index in [0.717, 1.165) is 48.0 Å². The van der Waals surface area contributed by atoms with Crippen molar-refractivity contribution in [2.24, 2.45) is 11.8 Å². The second-order valence-electron chi connectivity index (χ2n) is 7.70. The zero-order valence-electron chi connectivity index (χ0n) is 17.0. The number of anilines is 1. The largest absolute Gasteiger partial charge is 0.483 e. The summed E-state index contributed by atoms with van der Waals surface area (Å²) in [5.41, 5.74) is 3.93. The van der Waals surface area contributed by atoms with Crippen molar-refractivity contribution in [1.29, 1.82) is 0 Å². The molecule has 0 spiro atoms. The van der Waals surface area contributed by atoms with Crippen molar-refractivity contribution in [3.05, 3.63) is 35.8 Å². The van der Waals surface area contributed by atoms with Gasteiger partial charge in [0, 0.05) is 49.2 Å². The first-order chi connectivity index (χ1) is 13.9. The molecule has 8 heteroatoms. The fraction of sp³-hybridized carbons (Fsp3) is 0.476. The van der Waals surface area contributed by atoms with Crippen LogP contribution in [0.5, 0.6) is 0 Å². The smallest absolute Gasteiger partial charge is 0.290 e. The predicted octanol–water partition coefficient (Wildman–Crippen LogP) is 2.21. The summed E-state index contributed by atoms with van der Waals surface area (Å²) in [5, 5.41) is 9.89. The number of nitrogens with one attached hydrogen (secondary N) is 1. The zero-order chi connectivity index (χ0) is 21.0. The van der Waals surface area contributed by atoms with Crippen molar-refractivity contribution >= 4 is 18.3 Å². The van der Waals surface area contributed by atoms with Gasteiger partial charge in [-0.05, 0) is 56.7 Å². The number of aryl methyl sites for hydroxylation is 2. The quantitative estimate of drug-likeness (QED) is 0.764. The number of nitrogens with zero attached hydrogens (tertiary/aromatic N) is 4. The lowest BCUT2D eigenvalue weighted by atomic mass is 9.89. The van der Waals surface area contributed by atoms with E-state index in [1.54, 1.807) is 0 Å². The van der Waals surface area contributed by atoms with Gasteiger partial charge in [-0.15, -0.1) is 0 Å². The lowest BCUT2D eigenvalue weighted by molar-refractivity contribution is -0.124. The molecular formula is C21H27N5O3. The van der Waals surface area contributed by atoms with E-state index in [-0.39, 0.29) is 12.4 Å². The number of rotatable bonds is 3. The standard InChI is InChI=1S/C20H25N5O.CH2O2/c1-12-4-5-17(13(2)23-12)18-6-7-21-20(24-18)25(3)16-8-14-10-19(26)22-11-15(14)9-16;2-1-3/h4-7,14-16H,8-11H2,1-3H3,(H,22,26);1H,(H,2,3)/t14-,15+,16-;/m0./s1. The number of carbonyl (C=O) groups is 2. The first-order valence-corrected chi connectivity index (χ1v) is 9.78. The SMILES string of the molecule is Cc1ccc(-c2ccnc(N(C)[C@H]3C[C@H]4CC(=O)NC[C@H]4C3)n2)c(C)n1.O=CO. The number of fused-ring (bicyclic) bond motifs is 1. The maximum absolute atomic E-state index is 11.7. The van der Waals surface area contributed by atoms with Gasteiger partial charge in [-0.25, -0.2) is 9.97 Å². The summed E-state index contributed by atoms with van der Waals surface area (Å²) < 4.78 is 0. The molecular weight excluding hydrogens is 370 g/mol. The second-order valence-corrected chi connectivity index (χ2v) is 7.70. The number of aromatic nitrogens is 3. The van der Waals surface area contributed by atoms with Crippen molar-refractivity contribution in [3.63, 3.8) is 0 Å². The van der Waals surface area contributed by atoms with E-state index in [2.05, 4.69) is 33.3 Å². The third-order valence-corrected chi connectivity index (χ3v) is 5.83. The Kier molecular flexibility index (Phi) is 6.41. The number of hydrogen-bond acceptors (Lipinski definition) is 6. The number of carbonyl (C=O) groups excluding carboxylic acids is 1. The Morgan fingerprint density at radius 2 is 1.90 bits per heavy atom.